The van der Waals surface area contributed by atoms with Crippen LogP contribution in [0.25, 0.3) is 0 Å². The van der Waals surface area contributed by atoms with E-state index < -0.39 is 17.7 Å². The Balaban J connectivity index is 2.25. The van der Waals surface area contributed by atoms with Crippen LogP contribution in [0.2, 0.25) is 5.15 Å². The third kappa shape index (κ3) is 3.07. The van der Waals surface area contributed by atoms with Crippen LogP contribution in [0.1, 0.15) is 20.7 Å². The van der Waals surface area contributed by atoms with Crippen molar-refractivity contribution in [1.29, 1.82) is 0 Å². The van der Waals surface area contributed by atoms with E-state index >= 15 is 0 Å². The lowest BCUT2D eigenvalue weighted by Crippen LogP contribution is -2.14. The van der Waals surface area contributed by atoms with Crippen LogP contribution in [-0.4, -0.2) is 27.0 Å². The number of nitrogens with one attached hydrogen (secondary N) is 1. The van der Waals surface area contributed by atoms with Crippen molar-refractivity contribution in [1.82, 2.24) is 9.97 Å². The fourth-order valence-corrected chi connectivity index (χ4v) is 1.59. The predicted octanol–water partition coefficient (Wildman–Crippen LogP) is 2.22. The van der Waals surface area contributed by atoms with E-state index in [9.17, 15) is 14.0 Å². The molecule has 2 N–H and O–H groups in total. The SMILES string of the molecule is O=C(O)c1cncc(NC(=O)c2cc(F)cnc2Cl)c1. The maximum absolute atomic E-state index is 13.0. The number of nitrogens with zero attached hydrogens (tertiary/aromatic N) is 2. The number of rotatable bonds is 3. The van der Waals surface area contributed by atoms with Gasteiger partial charge in [0.25, 0.3) is 5.91 Å². The molecular weight excluding hydrogens is 289 g/mol. The summed E-state index contributed by atoms with van der Waals surface area (Å²) in [5, 5.41) is 11.0. The summed E-state index contributed by atoms with van der Waals surface area (Å²) in [5.41, 5.74) is -0.103. The average molecular weight is 296 g/mol. The molecule has 0 radical (unpaired) electrons. The number of anilines is 1. The van der Waals surface area contributed by atoms with E-state index in [0.29, 0.717) is 0 Å². The second kappa shape index (κ2) is 5.62. The number of hydrogen-bond donors (Lipinski definition) is 2. The summed E-state index contributed by atoms with van der Waals surface area (Å²) in [6.07, 6.45) is 3.27. The lowest BCUT2D eigenvalue weighted by Gasteiger charge is -2.06. The third-order valence-corrected chi connectivity index (χ3v) is 2.59. The summed E-state index contributed by atoms with van der Waals surface area (Å²) < 4.78 is 13.0. The molecule has 2 aromatic rings. The van der Waals surface area contributed by atoms with E-state index in [1.54, 1.807) is 0 Å². The Morgan fingerprint density at radius 3 is 2.70 bits per heavy atom. The molecule has 6 nitrogen and oxygen atoms in total. The molecule has 20 heavy (non-hydrogen) atoms. The van der Waals surface area contributed by atoms with Gasteiger partial charge in [0, 0.05) is 6.20 Å². The minimum Gasteiger partial charge on any atom is -0.478 e. The molecule has 1 amide bonds. The maximum Gasteiger partial charge on any atom is 0.337 e. The lowest BCUT2D eigenvalue weighted by molar-refractivity contribution is 0.0696. The molecule has 0 aliphatic rings. The average Bonchev–Trinajstić information content (AvgIpc) is 2.41. The molecular formula is C12H7ClFN3O3. The monoisotopic (exact) mass is 295 g/mol. The molecule has 8 heteroatoms. The smallest absolute Gasteiger partial charge is 0.337 e. The summed E-state index contributed by atoms with van der Waals surface area (Å²) >= 11 is 5.69. The van der Waals surface area contributed by atoms with Crippen molar-refractivity contribution < 1.29 is 19.1 Å². The minimum absolute atomic E-state index is 0.0914. The molecule has 2 rings (SSSR count). The van der Waals surface area contributed by atoms with Crippen molar-refractivity contribution in [2.45, 2.75) is 0 Å². The Labute approximate surface area is 117 Å². The number of hydrogen-bond acceptors (Lipinski definition) is 4. The summed E-state index contributed by atoms with van der Waals surface area (Å²) in [6.45, 7) is 0. The van der Waals surface area contributed by atoms with Gasteiger partial charge in [-0.25, -0.2) is 14.2 Å². The zero-order chi connectivity index (χ0) is 14.7. The molecule has 0 bridgehead atoms. The lowest BCUT2D eigenvalue weighted by atomic mass is 10.2. The van der Waals surface area contributed by atoms with E-state index in [2.05, 4.69) is 15.3 Å². The van der Waals surface area contributed by atoms with Crippen LogP contribution in [0, 0.1) is 5.82 Å². The van der Waals surface area contributed by atoms with Gasteiger partial charge < -0.3 is 10.4 Å². The quantitative estimate of drug-likeness (QED) is 0.847. The fourth-order valence-electron chi connectivity index (χ4n) is 1.41. The molecule has 0 atom stereocenters. The zero-order valence-corrected chi connectivity index (χ0v) is 10.6. The largest absolute Gasteiger partial charge is 0.478 e. The molecule has 0 saturated heterocycles. The van der Waals surface area contributed by atoms with Gasteiger partial charge in [0.2, 0.25) is 0 Å². The molecule has 2 heterocycles. The molecule has 0 saturated carbocycles. The topological polar surface area (TPSA) is 92.2 Å². The first-order valence-electron chi connectivity index (χ1n) is 5.28. The molecule has 2 aromatic heterocycles. The number of carboxylic acid groups (broad SMARTS) is 1. The number of carbonyl (C=O) groups excluding carboxylic acids is 1. The number of carbonyl (C=O) groups is 2. The molecule has 102 valence electrons. The van der Waals surface area contributed by atoms with Crippen molar-refractivity contribution in [3.8, 4) is 0 Å². The van der Waals surface area contributed by atoms with Crippen LogP contribution < -0.4 is 5.32 Å². The van der Waals surface area contributed by atoms with Crippen molar-refractivity contribution in [3.63, 3.8) is 0 Å². The molecule has 0 unspecified atom stereocenters. The Hall–Kier alpha value is -2.54. The first-order valence-corrected chi connectivity index (χ1v) is 5.66. The second-order valence-corrected chi connectivity index (χ2v) is 4.07. The van der Waals surface area contributed by atoms with Gasteiger partial charge in [-0.05, 0) is 12.1 Å². The molecule has 0 aliphatic carbocycles. The summed E-state index contributed by atoms with van der Waals surface area (Å²) in [4.78, 5) is 29.8. The van der Waals surface area contributed by atoms with E-state index in [-0.39, 0.29) is 22.0 Å². The van der Waals surface area contributed by atoms with Gasteiger partial charge in [-0.2, -0.15) is 0 Å². The highest BCUT2D eigenvalue weighted by Gasteiger charge is 2.14. The van der Waals surface area contributed by atoms with E-state index in [1.807, 2.05) is 0 Å². The van der Waals surface area contributed by atoms with Crippen LogP contribution in [-0.2, 0) is 0 Å². The van der Waals surface area contributed by atoms with E-state index in [1.165, 1.54) is 12.3 Å². The van der Waals surface area contributed by atoms with Gasteiger partial charge in [0.05, 0.1) is 29.2 Å². The molecule has 0 aliphatic heterocycles. The first kappa shape index (κ1) is 13.9. The number of aromatic nitrogens is 2. The zero-order valence-electron chi connectivity index (χ0n) is 9.80. The van der Waals surface area contributed by atoms with Gasteiger partial charge in [0.1, 0.15) is 11.0 Å². The van der Waals surface area contributed by atoms with Crippen molar-refractivity contribution >= 4 is 29.2 Å². The first-order chi connectivity index (χ1) is 9.47. The number of pyridine rings is 2. The number of amides is 1. The summed E-state index contributed by atoms with van der Waals surface area (Å²) in [6, 6.07) is 2.15. The van der Waals surface area contributed by atoms with Gasteiger partial charge in [-0.15, -0.1) is 0 Å². The highest BCUT2D eigenvalue weighted by Crippen LogP contribution is 2.16. The third-order valence-electron chi connectivity index (χ3n) is 2.29. The normalized spacial score (nSPS) is 10.1. The van der Waals surface area contributed by atoms with Crippen molar-refractivity contribution in [2.75, 3.05) is 5.32 Å². The van der Waals surface area contributed by atoms with E-state index in [0.717, 1.165) is 18.5 Å². The summed E-state index contributed by atoms with van der Waals surface area (Å²) in [5.74, 6) is -2.61. The summed E-state index contributed by atoms with van der Waals surface area (Å²) in [7, 11) is 0. The van der Waals surface area contributed by atoms with Gasteiger partial charge in [0.15, 0.2) is 0 Å². The highest BCUT2D eigenvalue weighted by molar-refractivity contribution is 6.33. The van der Waals surface area contributed by atoms with Gasteiger partial charge in [-0.3, -0.25) is 9.78 Å². The van der Waals surface area contributed by atoms with Crippen LogP contribution >= 0.6 is 11.6 Å². The Morgan fingerprint density at radius 2 is 2.00 bits per heavy atom. The Bertz CT molecular complexity index is 693. The standard InChI is InChI=1S/C12H7ClFN3O3/c13-10-9(2-7(14)4-16-10)11(18)17-8-1-6(12(19)20)3-15-5-8/h1-5H,(H,17,18)(H,19,20). The van der Waals surface area contributed by atoms with Crippen molar-refractivity contribution in [3.05, 3.63) is 52.8 Å². The highest BCUT2D eigenvalue weighted by atomic mass is 35.5. The Morgan fingerprint density at radius 1 is 1.25 bits per heavy atom. The maximum atomic E-state index is 13.0. The number of aromatic carboxylic acids is 1. The predicted molar refractivity (Wildman–Crippen MR) is 68.4 cm³/mol. The minimum atomic E-state index is -1.18. The van der Waals surface area contributed by atoms with Gasteiger partial charge in [-0.1, -0.05) is 11.6 Å². The molecule has 0 aromatic carbocycles. The number of halogens is 2. The Kier molecular flexibility index (Phi) is 3.90. The number of carboxylic acids is 1. The van der Waals surface area contributed by atoms with E-state index in [4.69, 9.17) is 16.7 Å². The van der Waals surface area contributed by atoms with Crippen LogP contribution in [0.15, 0.2) is 30.7 Å². The van der Waals surface area contributed by atoms with Crippen LogP contribution in [0.3, 0.4) is 0 Å². The molecule has 0 spiro atoms. The van der Waals surface area contributed by atoms with Gasteiger partial charge >= 0.3 is 5.97 Å². The van der Waals surface area contributed by atoms with Crippen LogP contribution in [0.5, 0.6) is 0 Å². The fraction of sp³-hybridized carbons (Fsp3) is 0. The molecule has 0 fully saturated rings. The van der Waals surface area contributed by atoms with Crippen LogP contribution in [0.4, 0.5) is 10.1 Å². The van der Waals surface area contributed by atoms with Crippen molar-refractivity contribution in [2.24, 2.45) is 0 Å². The second-order valence-electron chi connectivity index (χ2n) is 3.71.